The normalized spacial score (nSPS) is 24.4. The molecule has 2 atom stereocenters. The number of carboxylic acids is 1. The van der Waals surface area contributed by atoms with Gasteiger partial charge in [0.25, 0.3) is 0 Å². The van der Waals surface area contributed by atoms with E-state index in [1.54, 1.807) is 7.11 Å². The summed E-state index contributed by atoms with van der Waals surface area (Å²) in [5.74, 6) is -0.230. The number of methoxy groups -OCH3 is 1. The van der Waals surface area contributed by atoms with E-state index in [0.717, 1.165) is 31.6 Å². The van der Waals surface area contributed by atoms with Crippen LogP contribution in [-0.4, -0.2) is 79.5 Å². The Kier molecular flexibility index (Phi) is 6.81. The number of rotatable bonds is 8. The van der Waals surface area contributed by atoms with Crippen LogP contribution in [0.4, 0.5) is 0 Å². The molecule has 2 N–H and O–H groups in total. The van der Waals surface area contributed by atoms with Crippen LogP contribution in [0.5, 0.6) is 5.75 Å². The Morgan fingerprint density at radius 3 is 2.84 bits per heavy atom. The van der Waals surface area contributed by atoms with Gasteiger partial charge in [0, 0.05) is 13.1 Å². The number of nitrogens with zero attached hydrogens (tertiary/aromatic N) is 2. The topological polar surface area (TPSA) is 73.2 Å². The molecule has 0 aromatic heterocycles. The van der Waals surface area contributed by atoms with E-state index >= 15 is 0 Å². The van der Waals surface area contributed by atoms with Crippen molar-refractivity contribution >= 4 is 5.97 Å². The van der Waals surface area contributed by atoms with Crippen LogP contribution in [-0.2, 0) is 11.2 Å². The van der Waals surface area contributed by atoms with Gasteiger partial charge in [0.2, 0.25) is 0 Å². The minimum Gasteiger partial charge on any atom is -0.497 e. The predicted molar refractivity (Wildman–Crippen MR) is 97.0 cm³/mol. The highest BCUT2D eigenvalue weighted by Crippen LogP contribution is 2.35. The predicted octanol–water partition coefficient (Wildman–Crippen LogP) is 1.33. The van der Waals surface area contributed by atoms with Crippen molar-refractivity contribution in [2.45, 2.75) is 25.4 Å². The summed E-state index contributed by atoms with van der Waals surface area (Å²) in [5, 5.41) is 20.5. The van der Waals surface area contributed by atoms with E-state index in [1.165, 1.54) is 0 Å². The maximum Gasteiger partial charge on any atom is 0.313 e. The molecule has 0 bridgehead atoms. The second-order valence-corrected chi connectivity index (χ2v) is 7.23. The fraction of sp³-hybridized carbons (Fsp3) is 0.632. The Morgan fingerprint density at radius 1 is 1.44 bits per heavy atom. The molecule has 1 fully saturated rings. The molecule has 25 heavy (non-hydrogen) atoms. The second kappa shape index (κ2) is 8.65. The van der Waals surface area contributed by atoms with Gasteiger partial charge in [0.05, 0.1) is 13.2 Å². The first-order chi connectivity index (χ1) is 11.9. The lowest BCUT2D eigenvalue weighted by Gasteiger charge is -2.43. The standard InChI is InChI=1S/C19H30N2O4/c1-20(2)9-5-10-21-11-8-17(22)19(14-21,18(23)24)13-15-6-4-7-16(12-15)25-3/h4,6-7,12,17,22H,5,8-11,13-14H2,1-3H3,(H,23,24)/t17-,19-/m1/s1. The molecule has 140 valence electrons. The molecule has 2 rings (SSSR count). The van der Waals surface area contributed by atoms with Crippen LogP contribution in [0.1, 0.15) is 18.4 Å². The number of benzene rings is 1. The first kappa shape index (κ1) is 19.7. The average Bonchev–Trinajstić information content (AvgIpc) is 2.57. The third-order valence-electron chi connectivity index (χ3n) is 5.02. The Morgan fingerprint density at radius 2 is 2.20 bits per heavy atom. The number of aliphatic hydroxyl groups is 1. The smallest absolute Gasteiger partial charge is 0.313 e. The quantitative estimate of drug-likeness (QED) is 0.737. The van der Waals surface area contributed by atoms with Crippen LogP contribution in [0.25, 0.3) is 0 Å². The highest BCUT2D eigenvalue weighted by Gasteiger charge is 2.49. The van der Waals surface area contributed by atoms with Gasteiger partial charge < -0.3 is 24.7 Å². The second-order valence-electron chi connectivity index (χ2n) is 7.23. The van der Waals surface area contributed by atoms with Crippen molar-refractivity contribution in [2.75, 3.05) is 47.4 Å². The molecule has 0 aliphatic carbocycles. The molecule has 0 spiro atoms. The molecular weight excluding hydrogens is 320 g/mol. The lowest BCUT2D eigenvalue weighted by molar-refractivity contribution is -0.163. The lowest BCUT2D eigenvalue weighted by atomic mass is 9.72. The molecule has 0 unspecified atom stereocenters. The zero-order valence-electron chi connectivity index (χ0n) is 15.4. The van der Waals surface area contributed by atoms with Crippen molar-refractivity contribution in [2.24, 2.45) is 5.41 Å². The number of ether oxygens (including phenoxy) is 1. The molecule has 1 aromatic rings. The largest absolute Gasteiger partial charge is 0.497 e. The third kappa shape index (κ3) is 4.93. The highest BCUT2D eigenvalue weighted by atomic mass is 16.5. The lowest BCUT2D eigenvalue weighted by Crippen LogP contribution is -2.57. The van der Waals surface area contributed by atoms with E-state index in [-0.39, 0.29) is 0 Å². The number of likely N-dealkylation sites (tertiary alicyclic amines) is 1. The molecule has 0 radical (unpaired) electrons. The van der Waals surface area contributed by atoms with Crippen molar-refractivity contribution < 1.29 is 19.7 Å². The van der Waals surface area contributed by atoms with Crippen LogP contribution in [0, 0.1) is 5.41 Å². The fourth-order valence-corrected chi connectivity index (χ4v) is 3.57. The number of carboxylic acid groups (broad SMARTS) is 1. The molecule has 1 aliphatic rings. The fourth-order valence-electron chi connectivity index (χ4n) is 3.57. The summed E-state index contributed by atoms with van der Waals surface area (Å²) in [4.78, 5) is 16.4. The molecular formula is C19H30N2O4. The zero-order valence-corrected chi connectivity index (χ0v) is 15.4. The number of piperidine rings is 1. The van der Waals surface area contributed by atoms with E-state index in [4.69, 9.17) is 4.74 Å². The summed E-state index contributed by atoms with van der Waals surface area (Å²) in [6, 6.07) is 7.43. The van der Waals surface area contributed by atoms with Crippen molar-refractivity contribution in [1.29, 1.82) is 0 Å². The minimum atomic E-state index is -1.18. The molecule has 0 saturated carbocycles. The number of hydrogen-bond donors (Lipinski definition) is 2. The number of carbonyl (C=O) groups is 1. The van der Waals surface area contributed by atoms with Gasteiger partial charge in [-0.25, -0.2) is 0 Å². The van der Waals surface area contributed by atoms with Gasteiger partial charge in [-0.3, -0.25) is 4.79 Å². The first-order valence-electron chi connectivity index (χ1n) is 8.79. The Hall–Kier alpha value is -1.63. The Labute approximate surface area is 150 Å². The van der Waals surface area contributed by atoms with Crippen molar-refractivity contribution in [3.8, 4) is 5.75 Å². The van der Waals surface area contributed by atoms with Gasteiger partial charge in [-0.1, -0.05) is 12.1 Å². The van der Waals surface area contributed by atoms with Gasteiger partial charge in [-0.05, 0) is 64.1 Å². The van der Waals surface area contributed by atoms with E-state index in [2.05, 4.69) is 9.80 Å². The van der Waals surface area contributed by atoms with E-state index in [0.29, 0.717) is 25.1 Å². The van der Waals surface area contributed by atoms with Crippen molar-refractivity contribution in [3.05, 3.63) is 29.8 Å². The molecule has 1 heterocycles. The average molecular weight is 350 g/mol. The number of aliphatic hydroxyl groups excluding tert-OH is 1. The van der Waals surface area contributed by atoms with Crippen LogP contribution in [0.3, 0.4) is 0 Å². The molecule has 1 aromatic carbocycles. The van der Waals surface area contributed by atoms with Gasteiger partial charge in [-0.2, -0.15) is 0 Å². The summed E-state index contributed by atoms with van der Waals surface area (Å²) in [7, 11) is 5.66. The van der Waals surface area contributed by atoms with Gasteiger partial charge in [0.15, 0.2) is 0 Å². The van der Waals surface area contributed by atoms with Crippen molar-refractivity contribution in [1.82, 2.24) is 9.80 Å². The van der Waals surface area contributed by atoms with Gasteiger partial charge in [-0.15, -0.1) is 0 Å². The maximum absolute atomic E-state index is 12.1. The number of hydrogen-bond acceptors (Lipinski definition) is 5. The van der Waals surface area contributed by atoms with Crippen LogP contribution in [0.2, 0.25) is 0 Å². The van der Waals surface area contributed by atoms with Crippen LogP contribution < -0.4 is 4.74 Å². The van der Waals surface area contributed by atoms with Crippen LogP contribution in [0.15, 0.2) is 24.3 Å². The van der Waals surface area contributed by atoms with Gasteiger partial charge >= 0.3 is 5.97 Å². The van der Waals surface area contributed by atoms with Gasteiger partial charge in [0.1, 0.15) is 11.2 Å². The van der Waals surface area contributed by atoms with E-state index in [1.807, 2.05) is 38.4 Å². The molecule has 1 saturated heterocycles. The summed E-state index contributed by atoms with van der Waals surface area (Å²) < 4.78 is 5.24. The summed E-state index contributed by atoms with van der Waals surface area (Å²) in [6.45, 7) is 2.92. The summed E-state index contributed by atoms with van der Waals surface area (Å²) in [5.41, 5.74) is -0.307. The Balaban J connectivity index is 2.15. The summed E-state index contributed by atoms with van der Waals surface area (Å²) in [6.07, 6.45) is 0.919. The monoisotopic (exact) mass is 350 g/mol. The first-order valence-corrected chi connectivity index (χ1v) is 8.79. The minimum absolute atomic E-state index is 0.297. The zero-order chi connectivity index (χ0) is 18.4. The SMILES string of the molecule is COc1cccc(C[C@@]2(C(=O)O)CN(CCCN(C)C)CC[C@H]2O)c1. The molecule has 0 amide bonds. The number of aliphatic carboxylic acids is 1. The third-order valence-corrected chi connectivity index (χ3v) is 5.02. The van der Waals surface area contributed by atoms with E-state index < -0.39 is 17.5 Å². The molecule has 6 heteroatoms. The van der Waals surface area contributed by atoms with Crippen molar-refractivity contribution in [3.63, 3.8) is 0 Å². The maximum atomic E-state index is 12.1. The molecule has 6 nitrogen and oxygen atoms in total. The van der Waals surface area contributed by atoms with E-state index in [9.17, 15) is 15.0 Å². The summed E-state index contributed by atoms with van der Waals surface area (Å²) >= 11 is 0. The molecule has 1 aliphatic heterocycles. The Bertz CT molecular complexity index is 578. The highest BCUT2D eigenvalue weighted by molar-refractivity contribution is 5.76. The van der Waals surface area contributed by atoms with Crippen LogP contribution >= 0.6 is 0 Å².